The summed E-state index contributed by atoms with van der Waals surface area (Å²) in [4.78, 5) is 25.2. The molecule has 0 saturated carbocycles. The number of nitrogens with zero attached hydrogens (tertiary/aromatic N) is 1. The molecule has 6 nitrogen and oxygen atoms in total. The topological polar surface area (TPSA) is 80.8 Å². The van der Waals surface area contributed by atoms with Gasteiger partial charge >= 0.3 is 5.97 Å². The highest BCUT2D eigenvalue weighted by Crippen LogP contribution is 2.24. The van der Waals surface area contributed by atoms with Gasteiger partial charge in [0.2, 0.25) is 15.8 Å². The first kappa shape index (κ1) is 21.0. The van der Waals surface area contributed by atoms with Crippen molar-refractivity contribution in [3.8, 4) is 0 Å². The van der Waals surface area contributed by atoms with Crippen LogP contribution in [0.25, 0.3) is 0 Å². The number of Topliss-reactive ketones (excluding diaryl/α,β-unsaturated/α-hetero) is 1. The molecule has 1 fully saturated rings. The third kappa shape index (κ3) is 4.34. The van der Waals surface area contributed by atoms with Crippen LogP contribution < -0.4 is 4.31 Å². The van der Waals surface area contributed by atoms with E-state index in [9.17, 15) is 18.0 Å². The van der Waals surface area contributed by atoms with Gasteiger partial charge in [0.1, 0.15) is 0 Å². The van der Waals surface area contributed by atoms with E-state index in [-0.39, 0.29) is 17.1 Å². The SMILES string of the molecule is Cc1cc(C)c(C(=O)C(C)OC(=O)c2ccc(N3CCCS3(=O)=O)cc2)cc1C. The second-order valence-corrected chi connectivity index (χ2v) is 9.46. The molecule has 1 atom stereocenters. The van der Waals surface area contributed by atoms with E-state index in [2.05, 4.69) is 0 Å². The molecule has 1 aliphatic rings. The number of carbonyl (C=O) groups is 2. The number of hydrogen-bond donors (Lipinski definition) is 0. The summed E-state index contributed by atoms with van der Waals surface area (Å²) in [6.45, 7) is 7.77. The van der Waals surface area contributed by atoms with E-state index in [1.165, 1.54) is 16.4 Å². The molecular weight excluding hydrogens is 390 g/mol. The maximum absolute atomic E-state index is 12.7. The fourth-order valence-corrected chi connectivity index (χ4v) is 4.98. The zero-order chi connectivity index (χ0) is 21.3. The number of carbonyl (C=O) groups excluding carboxylic acids is 2. The molecule has 0 bridgehead atoms. The number of ether oxygens (including phenoxy) is 1. The standard InChI is InChI=1S/C22H25NO5S/c1-14-12-16(3)20(13-15(14)2)21(24)17(4)28-22(25)18-6-8-19(9-7-18)23-10-5-11-29(23,26)27/h6-9,12-13,17H,5,10-11H2,1-4H3. The van der Waals surface area contributed by atoms with Crippen molar-refractivity contribution < 1.29 is 22.7 Å². The summed E-state index contributed by atoms with van der Waals surface area (Å²) in [5, 5.41) is 0. The third-order valence-electron chi connectivity index (χ3n) is 5.25. The van der Waals surface area contributed by atoms with Crippen molar-refractivity contribution in [2.24, 2.45) is 0 Å². The fourth-order valence-electron chi connectivity index (χ4n) is 3.42. The first-order valence-electron chi connectivity index (χ1n) is 9.53. The van der Waals surface area contributed by atoms with Gasteiger partial charge in [-0.25, -0.2) is 13.2 Å². The lowest BCUT2D eigenvalue weighted by Crippen LogP contribution is -2.26. The molecule has 1 unspecified atom stereocenters. The van der Waals surface area contributed by atoms with Crippen molar-refractivity contribution in [1.82, 2.24) is 0 Å². The van der Waals surface area contributed by atoms with Crippen LogP contribution in [0.3, 0.4) is 0 Å². The molecule has 0 spiro atoms. The molecule has 0 amide bonds. The van der Waals surface area contributed by atoms with Gasteiger partial charge in [-0.05, 0) is 81.1 Å². The summed E-state index contributed by atoms with van der Waals surface area (Å²) < 4.78 is 30.7. The highest BCUT2D eigenvalue weighted by atomic mass is 32.2. The van der Waals surface area contributed by atoms with Crippen molar-refractivity contribution in [3.05, 3.63) is 64.2 Å². The summed E-state index contributed by atoms with van der Waals surface area (Å²) in [7, 11) is -3.27. The average Bonchev–Trinajstić information content (AvgIpc) is 3.03. The Morgan fingerprint density at radius 1 is 1.00 bits per heavy atom. The van der Waals surface area contributed by atoms with Gasteiger partial charge in [-0.2, -0.15) is 0 Å². The molecular formula is C22H25NO5S. The molecule has 0 aromatic heterocycles. The highest BCUT2D eigenvalue weighted by Gasteiger charge is 2.28. The summed E-state index contributed by atoms with van der Waals surface area (Å²) in [5.41, 5.74) is 4.28. The molecule has 2 aromatic rings. The normalized spacial score (nSPS) is 16.5. The minimum absolute atomic E-state index is 0.133. The lowest BCUT2D eigenvalue weighted by molar-refractivity contribution is 0.0318. The van der Waals surface area contributed by atoms with Crippen LogP contribution in [0.1, 0.15) is 50.8 Å². The Morgan fingerprint density at radius 3 is 2.21 bits per heavy atom. The number of hydrogen-bond acceptors (Lipinski definition) is 5. The molecule has 0 aliphatic carbocycles. The first-order chi connectivity index (χ1) is 13.6. The van der Waals surface area contributed by atoms with Crippen LogP contribution in [0.5, 0.6) is 0 Å². The van der Waals surface area contributed by atoms with Gasteiger partial charge in [-0.3, -0.25) is 9.10 Å². The zero-order valence-electron chi connectivity index (χ0n) is 17.1. The monoisotopic (exact) mass is 415 g/mol. The Bertz CT molecular complexity index is 1060. The van der Waals surface area contributed by atoms with E-state index < -0.39 is 22.1 Å². The Kier molecular flexibility index (Phi) is 5.80. The van der Waals surface area contributed by atoms with Gasteiger partial charge in [0.25, 0.3) is 0 Å². The predicted octanol–water partition coefficient (Wildman–Crippen LogP) is 3.58. The van der Waals surface area contributed by atoms with E-state index in [1.54, 1.807) is 19.1 Å². The molecule has 2 aromatic carbocycles. The van der Waals surface area contributed by atoms with E-state index in [0.717, 1.165) is 16.7 Å². The van der Waals surface area contributed by atoms with Crippen LogP contribution in [-0.2, 0) is 14.8 Å². The molecule has 0 radical (unpaired) electrons. The van der Waals surface area contributed by atoms with Gasteiger partial charge in [-0.1, -0.05) is 6.07 Å². The number of ketones is 1. The van der Waals surface area contributed by atoms with Crippen LogP contribution in [0.4, 0.5) is 5.69 Å². The molecule has 29 heavy (non-hydrogen) atoms. The first-order valence-corrected chi connectivity index (χ1v) is 11.1. The van der Waals surface area contributed by atoms with Gasteiger partial charge < -0.3 is 4.74 Å². The van der Waals surface area contributed by atoms with Crippen molar-refractivity contribution in [2.75, 3.05) is 16.6 Å². The van der Waals surface area contributed by atoms with Crippen LogP contribution in [0, 0.1) is 20.8 Å². The van der Waals surface area contributed by atoms with Gasteiger partial charge in [0.05, 0.1) is 17.0 Å². The highest BCUT2D eigenvalue weighted by molar-refractivity contribution is 7.93. The van der Waals surface area contributed by atoms with Crippen LogP contribution in [0.2, 0.25) is 0 Å². The van der Waals surface area contributed by atoms with Crippen LogP contribution in [-0.4, -0.2) is 38.6 Å². The molecule has 1 heterocycles. The number of anilines is 1. The van der Waals surface area contributed by atoms with E-state index in [4.69, 9.17) is 4.74 Å². The van der Waals surface area contributed by atoms with Gasteiger partial charge in [-0.15, -0.1) is 0 Å². The minimum atomic E-state index is -3.27. The number of rotatable bonds is 5. The fraction of sp³-hybridized carbons (Fsp3) is 0.364. The van der Waals surface area contributed by atoms with Crippen molar-refractivity contribution in [2.45, 2.75) is 40.2 Å². The van der Waals surface area contributed by atoms with Gasteiger partial charge in [0, 0.05) is 12.1 Å². The lowest BCUT2D eigenvalue weighted by atomic mass is 9.96. The number of aryl methyl sites for hydroxylation is 3. The number of esters is 1. The largest absolute Gasteiger partial charge is 0.451 e. The molecule has 7 heteroatoms. The van der Waals surface area contributed by atoms with Crippen molar-refractivity contribution >= 4 is 27.5 Å². The predicted molar refractivity (Wildman–Crippen MR) is 112 cm³/mol. The van der Waals surface area contributed by atoms with Crippen LogP contribution >= 0.6 is 0 Å². The zero-order valence-corrected chi connectivity index (χ0v) is 17.9. The number of sulfonamides is 1. The van der Waals surface area contributed by atoms with Crippen LogP contribution in [0.15, 0.2) is 36.4 Å². The molecule has 154 valence electrons. The maximum atomic E-state index is 12.7. The summed E-state index contributed by atoms with van der Waals surface area (Å²) >= 11 is 0. The summed E-state index contributed by atoms with van der Waals surface area (Å²) in [5.74, 6) is -0.740. The second-order valence-electron chi connectivity index (χ2n) is 7.45. The second kappa shape index (κ2) is 7.99. The third-order valence-corrected chi connectivity index (χ3v) is 7.12. The molecule has 1 saturated heterocycles. The van der Waals surface area contributed by atoms with E-state index >= 15 is 0 Å². The Morgan fingerprint density at radius 2 is 1.62 bits per heavy atom. The quantitative estimate of drug-likeness (QED) is 0.551. The Labute approximate surface area is 171 Å². The maximum Gasteiger partial charge on any atom is 0.338 e. The molecule has 1 aliphatic heterocycles. The molecule has 0 N–H and O–H groups in total. The lowest BCUT2D eigenvalue weighted by Gasteiger charge is -2.17. The minimum Gasteiger partial charge on any atom is -0.451 e. The summed E-state index contributed by atoms with van der Waals surface area (Å²) in [6, 6.07) is 9.97. The smallest absolute Gasteiger partial charge is 0.338 e. The molecule has 3 rings (SSSR count). The van der Waals surface area contributed by atoms with E-state index in [0.29, 0.717) is 24.2 Å². The van der Waals surface area contributed by atoms with E-state index in [1.807, 2.05) is 32.9 Å². The van der Waals surface area contributed by atoms with Crippen molar-refractivity contribution in [1.29, 1.82) is 0 Å². The summed E-state index contributed by atoms with van der Waals surface area (Å²) in [6.07, 6.45) is -0.342. The Hall–Kier alpha value is -2.67. The van der Waals surface area contributed by atoms with Gasteiger partial charge in [0.15, 0.2) is 6.10 Å². The van der Waals surface area contributed by atoms with Crippen molar-refractivity contribution in [3.63, 3.8) is 0 Å². The Balaban J connectivity index is 1.71. The average molecular weight is 416 g/mol. The number of benzene rings is 2.